The molecule has 1 aliphatic rings. The van der Waals surface area contributed by atoms with E-state index in [1.807, 2.05) is 35.0 Å². The summed E-state index contributed by atoms with van der Waals surface area (Å²) < 4.78 is 7.49. The Labute approximate surface area is 210 Å². The zero-order chi connectivity index (χ0) is 25.3. The van der Waals surface area contributed by atoms with Gasteiger partial charge in [-0.2, -0.15) is 0 Å². The Morgan fingerprint density at radius 1 is 1.26 bits per heavy atom. The fourth-order valence-electron chi connectivity index (χ4n) is 4.52. The van der Waals surface area contributed by atoms with E-state index in [1.54, 1.807) is 26.4 Å². The predicted octanol–water partition coefficient (Wildman–Crippen LogP) is 3.89. The van der Waals surface area contributed by atoms with E-state index < -0.39 is 23.7 Å². The van der Waals surface area contributed by atoms with Crippen LogP contribution in [-0.2, 0) is 20.9 Å². The van der Waals surface area contributed by atoms with Crippen LogP contribution in [0.2, 0.25) is 0 Å². The number of rotatable bonds is 7. The molecule has 2 N–H and O–H groups in total. The second kappa shape index (κ2) is 9.91. The lowest BCUT2D eigenvalue weighted by Crippen LogP contribution is -2.31. The number of benzene rings is 1. The number of likely N-dealkylation sites (tertiary alicyclic amines) is 1. The number of esters is 1. The molecule has 4 rings (SSSR count). The highest BCUT2D eigenvalue weighted by atomic mass is 79.9. The van der Waals surface area contributed by atoms with Gasteiger partial charge < -0.3 is 24.3 Å². The second-order valence-electron chi connectivity index (χ2n) is 8.32. The van der Waals surface area contributed by atoms with Gasteiger partial charge in [0.1, 0.15) is 11.5 Å². The standard InChI is InChI=1S/C25H25BrN4O5/c1-14-18(15(2)28-20(14)25(34)35-3)22(31)19-21(16-6-4-7-17(26)12-16)30(24(33)23(19)32)10-5-9-29-11-8-27-13-29/h4,6-8,11-13,21,28,31H,5,9-10H2,1-3H3/b22-19+/t21-/m1/s1. The van der Waals surface area contributed by atoms with Gasteiger partial charge in [0.15, 0.2) is 0 Å². The van der Waals surface area contributed by atoms with Crippen molar-refractivity contribution in [2.24, 2.45) is 0 Å². The fraction of sp³-hybridized carbons (Fsp3) is 0.280. The number of aromatic nitrogens is 3. The van der Waals surface area contributed by atoms with E-state index in [0.717, 1.165) is 4.47 Å². The molecule has 0 bridgehead atoms. The van der Waals surface area contributed by atoms with Crippen molar-refractivity contribution in [2.75, 3.05) is 13.7 Å². The van der Waals surface area contributed by atoms with Crippen LogP contribution in [0.5, 0.6) is 0 Å². The van der Waals surface area contributed by atoms with Crippen LogP contribution in [0.25, 0.3) is 5.76 Å². The molecule has 35 heavy (non-hydrogen) atoms. The minimum atomic E-state index is -0.787. The first-order valence-corrected chi connectivity index (χ1v) is 11.8. The summed E-state index contributed by atoms with van der Waals surface area (Å²) in [6.45, 7) is 4.26. The molecule has 1 amide bonds. The lowest BCUT2D eigenvalue weighted by Gasteiger charge is -2.25. The average Bonchev–Trinajstić information content (AvgIpc) is 3.52. The molecule has 0 unspecified atom stereocenters. The third-order valence-corrected chi connectivity index (χ3v) is 6.64. The summed E-state index contributed by atoms with van der Waals surface area (Å²) in [7, 11) is 1.26. The van der Waals surface area contributed by atoms with Gasteiger partial charge in [0.2, 0.25) is 0 Å². The number of ether oxygens (including phenoxy) is 1. The molecule has 3 heterocycles. The number of Topliss-reactive ketones (excluding diaryl/α,β-unsaturated/α-hetero) is 1. The molecule has 10 heteroatoms. The van der Waals surface area contributed by atoms with Gasteiger partial charge >= 0.3 is 5.97 Å². The van der Waals surface area contributed by atoms with E-state index in [-0.39, 0.29) is 17.0 Å². The molecule has 0 spiro atoms. The quantitative estimate of drug-likeness (QED) is 0.203. The van der Waals surface area contributed by atoms with Crippen LogP contribution in [0, 0.1) is 13.8 Å². The maximum atomic E-state index is 13.3. The van der Waals surface area contributed by atoms with Crippen molar-refractivity contribution in [1.29, 1.82) is 0 Å². The number of aliphatic hydroxyl groups is 1. The zero-order valence-electron chi connectivity index (χ0n) is 19.5. The number of ketones is 1. The van der Waals surface area contributed by atoms with Gasteiger partial charge in [0.25, 0.3) is 11.7 Å². The first kappa shape index (κ1) is 24.5. The number of hydrogen-bond donors (Lipinski definition) is 2. The first-order valence-electron chi connectivity index (χ1n) is 11.0. The monoisotopic (exact) mass is 540 g/mol. The number of carbonyl (C=O) groups is 3. The molecule has 1 aromatic carbocycles. The number of carbonyl (C=O) groups excluding carboxylic acids is 3. The number of halogens is 1. The smallest absolute Gasteiger partial charge is 0.354 e. The highest BCUT2D eigenvalue weighted by Crippen LogP contribution is 2.41. The van der Waals surface area contributed by atoms with Crippen molar-refractivity contribution in [3.8, 4) is 0 Å². The summed E-state index contributed by atoms with van der Waals surface area (Å²) in [5, 5.41) is 11.4. The van der Waals surface area contributed by atoms with E-state index in [0.29, 0.717) is 41.9 Å². The van der Waals surface area contributed by atoms with Crippen molar-refractivity contribution in [2.45, 2.75) is 32.9 Å². The maximum absolute atomic E-state index is 13.3. The third kappa shape index (κ3) is 4.53. The van der Waals surface area contributed by atoms with E-state index in [2.05, 4.69) is 25.9 Å². The third-order valence-electron chi connectivity index (χ3n) is 6.14. The number of nitrogens with zero attached hydrogens (tertiary/aromatic N) is 3. The van der Waals surface area contributed by atoms with Crippen LogP contribution >= 0.6 is 15.9 Å². The Balaban J connectivity index is 1.80. The molecule has 9 nitrogen and oxygen atoms in total. The van der Waals surface area contributed by atoms with Crippen molar-refractivity contribution in [3.63, 3.8) is 0 Å². The van der Waals surface area contributed by atoms with Crippen LogP contribution < -0.4 is 0 Å². The van der Waals surface area contributed by atoms with Gasteiger partial charge in [-0.15, -0.1) is 0 Å². The molecule has 0 aliphatic carbocycles. The zero-order valence-corrected chi connectivity index (χ0v) is 21.1. The van der Waals surface area contributed by atoms with Crippen molar-refractivity contribution in [1.82, 2.24) is 19.4 Å². The summed E-state index contributed by atoms with van der Waals surface area (Å²) in [5.41, 5.74) is 2.08. The van der Waals surface area contributed by atoms with Gasteiger partial charge in [0.05, 0.1) is 25.1 Å². The minimum Gasteiger partial charge on any atom is -0.507 e. The largest absolute Gasteiger partial charge is 0.507 e. The van der Waals surface area contributed by atoms with Gasteiger partial charge in [-0.1, -0.05) is 28.1 Å². The van der Waals surface area contributed by atoms with Crippen LogP contribution in [0.3, 0.4) is 0 Å². The number of aliphatic hydroxyl groups excluding tert-OH is 1. The molecule has 1 atom stereocenters. The molecule has 0 radical (unpaired) electrons. The Hall–Kier alpha value is -3.66. The summed E-state index contributed by atoms with van der Waals surface area (Å²) >= 11 is 3.46. The molecule has 0 saturated carbocycles. The molecule has 2 aromatic heterocycles. The number of hydrogen-bond acceptors (Lipinski definition) is 6. The first-order chi connectivity index (χ1) is 16.7. The lowest BCUT2D eigenvalue weighted by atomic mass is 9.94. The SMILES string of the molecule is COC(=O)c1[nH]c(C)c(/C(O)=C2\C(=O)C(=O)N(CCCn3ccnc3)[C@@H]2c2cccc(Br)c2)c1C. The Morgan fingerprint density at radius 3 is 2.69 bits per heavy atom. The lowest BCUT2D eigenvalue weighted by molar-refractivity contribution is -0.139. The van der Waals surface area contributed by atoms with Crippen molar-refractivity contribution < 1.29 is 24.2 Å². The van der Waals surface area contributed by atoms with Crippen LogP contribution in [0.4, 0.5) is 0 Å². The van der Waals surface area contributed by atoms with E-state index in [1.165, 1.54) is 12.0 Å². The van der Waals surface area contributed by atoms with Gasteiger partial charge in [-0.05, 0) is 43.5 Å². The maximum Gasteiger partial charge on any atom is 0.354 e. The molecule has 1 saturated heterocycles. The number of imidazole rings is 1. The minimum absolute atomic E-state index is 0.0163. The fourth-order valence-corrected chi connectivity index (χ4v) is 4.94. The summed E-state index contributed by atoms with van der Waals surface area (Å²) in [4.78, 5) is 47.0. The number of methoxy groups -OCH3 is 1. The van der Waals surface area contributed by atoms with Crippen LogP contribution in [0.1, 0.15) is 45.3 Å². The summed E-state index contributed by atoms with van der Waals surface area (Å²) in [5.74, 6) is -2.36. The van der Waals surface area contributed by atoms with Crippen LogP contribution in [-0.4, -0.2) is 55.9 Å². The summed E-state index contributed by atoms with van der Waals surface area (Å²) in [6.07, 6.45) is 5.78. The Morgan fingerprint density at radius 2 is 2.03 bits per heavy atom. The highest BCUT2D eigenvalue weighted by molar-refractivity contribution is 9.10. The number of H-pyrrole nitrogens is 1. The molecular formula is C25H25BrN4O5. The molecular weight excluding hydrogens is 516 g/mol. The Bertz CT molecular complexity index is 1330. The van der Waals surface area contributed by atoms with Gasteiger partial charge in [-0.25, -0.2) is 9.78 Å². The van der Waals surface area contributed by atoms with Crippen LogP contribution in [0.15, 0.2) is 53.0 Å². The predicted molar refractivity (Wildman–Crippen MR) is 132 cm³/mol. The average molecular weight is 541 g/mol. The van der Waals surface area contributed by atoms with Crippen molar-refractivity contribution >= 4 is 39.3 Å². The van der Waals surface area contributed by atoms with Gasteiger partial charge in [0, 0.05) is 41.2 Å². The second-order valence-corrected chi connectivity index (χ2v) is 9.23. The number of nitrogens with one attached hydrogen (secondary N) is 1. The number of aromatic amines is 1. The molecule has 1 aliphatic heterocycles. The van der Waals surface area contributed by atoms with E-state index >= 15 is 0 Å². The van der Waals surface area contributed by atoms with Crippen molar-refractivity contribution in [3.05, 3.63) is 81.1 Å². The number of aryl methyl sites for hydroxylation is 2. The van der Waals surface area contributed by atoms with E-state index in [4.69, 9.17) is 4.74 Å². The normalized spacial score (nSPS) is 17.3. The Kier molecular flexibility index (Phi) is 6.93. The molecule has 182 valence electrons. The molecule has 3 aromatic rings. The molecule has 1 fully saturated rings. The van der Waals surface area contributed by atoms with Gasteiger partial charge in [-0.3, -0.25) is 9.59 Å². The highest BCUT2D eigenvalue weighted by Gasteiger charge is 2.46. The van der Waals surface area contributed by atoms with E-state index in [9.17, 15) is 19.5 Å². The number of amides is 1. The summed E-state index contributed by atoms with van der Waals surface area (Å²) in [6, 6.07) is 6.51. The topological polar surface area (TPSA) is 118 Å².